The predicted octanol–water partition coefficient (Wildman–Crippen LogP) is 5.25. The van der Waals surface area contributed by atoms with Gasteiger partial charge in [0.05, 0.1) is 15.9 Å². The minimum absolute atomic E-state index is 0.0761. The van der Waals surface area contributed by atoms with E-state index < -0.39 is 27.9 Å². The summed E-state index contributed by atoms with van der Waals surface area (Å²) in [6.45, 7) is 6.30. The highest BCUT2D eigenvalue weighted by Gasteiger charge is 2.46. The van der Waals surface area contributed by atoms with Gasteiger partial charge in [0.2, 0.25) is 0 Å². The lowest BCUT2D eigenvalue weighted by Gasteiger charge is -2.54. The Bertz CT molecular complexity index is 1360. The van der Waals surface area contributed by atoms with Gasteiger partial charge < -0.3 is 4.90 Å². The lowest BCUT2D eigenvalue weighted by molar-refractivity contribution is -0.383. The van der Waals surface area contributed by atoms with Crippen molar-refractivity contribution in [2.45, 2.75) is 38.9 Å². The number of hydrogen-bond donors (Lipinski definition) is 0. The number of nitro benzene ring substituents is 1. The van der Waals surface area contributed by atoms with E-state index in [-0.39, 0.29) is 15.5 Å². The molecule has 36 heavy (non-hydrogen) atoms. The Kier molecular flexibility index (Phi) is 6.24. The Balaban J connectivity index is 1.29. The van der Waals surface area contributed by atoms with Crippen LogP contribution in [0.5, 0.6) is 0 Å². The van der Waals surface area contributed by atoms with Crippen molar-refractivity contribution < 1.29 is 18.1 Å². The molecule has 3 heterocycles. The largest absolute Gasteiger partial charge is 0.416 e. The molecule has 2 saturated heterocycles. The zero-order chi connectivity index (χ0) is 25.7. The number of nitrogens with zero attached hydrogens (tertiary/aromatic N) is 4. The molecule has 2 aromatic carbocycles. The fourth-order valence-corrected chi connectivity index (χ4v) is 6.18. The highest BCUT2D eigenvalue weighted by atomic mass is 32.1. The van der Waals surface area contributed by atoms with Crippen LogP contribution in [0.1, 0.15) is 36.5 Å². The van der Waals surface area contributed by atoms with Crippen molar-refractivity contribution in [1.29, 1.82) is 0 Å². The number of aryl methyl sites for hydroxylation is 1. The van der Waals surface area contributed by atoms with Crippen molar-refractivity contribution in [3.05, 3.63) is 73.6 Å². The van der Waals surface area contributed by atoms with Crippen LogP contribution in [0.3, 0.4) is 0 Å². The van der Waals surface area contributed by atoms with E-state index in [1.54, 1.807) is 0 Å². The highest BCUT2D eigenvalue weighted by molar-refractivity contribution is 7.22. The molecule has 0 atom stereocenters. The summed E-state index contributed by atoms with van der Waals surface area (Å²) in [6.07, 6.45) is -1.79. The Morgan fingerprint density at radius 3 is 2.33 bits per heavy atom. The minimum atomic E-state index is -4.80. The highest BCUT2D eigenvalue weighted by Crippen LogP contribution is 2.45. The summed E-state index contributed by atoms with van der Waals surface area (Å²) >= 11 is 0.907. The Morgan fingerprint density at radius 1 is 1.11 bits per heavy atom. The number of non-ortho nitro benzene ring substituents is 1. The first-order chi connectivity index (χ1) is 17.1. The summed E-state index contributed by atoms with van der Waals surface area (Å²) in [5.41, 5.74) is -0.114. The number of piperidine rings is 1. The van der Waals surface area contributed by atoms with Gasteiger partial charge in [-0.3, -0.25) is 19.8 Å². The third kappa shape index (κ3) is 4.69. The number of alkyl halides is 3. The van der Waals surface area contributed by atoms with Crippen LogP contribution in [0.15, 0.2) is 41.2 Å². The van der Waals surface area contributed by atoms with Gasteiger partial charge in [-0.25, -0.2) is 0 Å². The van der Waals surface area contributed by atoms with Crippen molar-refractivity contribution in [3.63, 3.8) is 0 Å². The van der Waals surface area contributed by atoms with Crippen molar-refractivity contribution >= 4 is 32.2 Å². The van der Waals surface area contributed by atoms with Crippen molar-refractivity contribution in [2.24, 2.45) is 5.41 Å². The molecule has 0 bridgehead atoms. The van der Waals surface area contributed by atoms with E-state index in [9.17, 15) is 28.1 Å². The fourth-order valence-electron chi connectivity index (χ4n) is 5.11. The van der Waals surface area contributed by atoms with Gasteiger partial charge in [-0.05, 0) is 49.5 Å². The molecule has 1 aromatic heterocycles. The number of nitro groups is 1. The topological polar surface area (TPSA) is 79.6 Å². The first-order valence-electron chi connectivity index (χ1n) is 11.8. The molecule has 1 spiro atoms. The van der Waals surface area contributed by atoms with Gasteiger partial charge in [0.1, 0.15) is 4.70 Å². The van der Waals surface area contributed by atoms with Gasteiger partial charge in [0, 0.05) is 31.1 Å². The van der Waals surface area contributed by atoms with E-state index in [1.807, 2.05) is 4.90 Å². The van der Waals surface area contributed by atoms with Gasteiger partial charge in [0.15, 0.2) is 5.13 Å². The van der Waals surface area contributed by atoms with Crippen molar-refractivity contribution in [1.82, 2.24) is 9.88 Å². The lowest BCUT2D eigenvalue weighted by Crippen LogP contribution is -2.60. The molecule has 0 unspecified atom stereocenters. The number of halogens is 3. The van der Waals surface area contributed by atoms with Gasteiger partial charge in [-0.1, -0.05) is 42.5 Å². The van der Waals surface area contributed by atoms with Crippen molar-refractivity contribution in [2.75, 3.05) is 31.1 Å². The fraction of sp³-hybridized carbons (Fsp3) is 0.440. The molecule has 2 aliphatic rings. The molecule has 190 valence electrons. The van der Waals surface area contributed by atoms with Crippen LogP contribution >= 0.6 is 11.3 Å². The van der Waals surface area contributed by atoms with Crippen LogP contribution in [0.4, 0.5) is 24.0 Å². The molecule has 0 aliphatic carbocycles. The predicted molar refractivity (Wildman–Crippen MR) is 133 cm³/mol. The van der Waals surface area contributed by atoms with E-state index in [4.69, 9.17) is 0 Å². The molecule has 0 N–H and O–H groups in total. The molecule has 2 aliphatic heterocycles. The third-order valence-corrected chi connectivity index (χ3v) is 8.46. The summed E-state index contributed by atoms with van der Waals surface area (Å²) in [4.78, 5) is 31.6. The van der Waals surface area contributed by atoms with E-state index >= 15 is 0 Å². The number of anilines is 1. The molecular weight excluding hydrogens is 493 g/mol. The van der Waals surface area contributed by atoms with Gasteiger partial charge in [-0.15, -0.1) is 0 Å². The standard InChI is InChI=1S/C25H25F3N4O3S/c1-2-16-3-5-17(6-4-16)13-30-9-7-24(8-10-30)14-31(15-24)23-29-22(33)19-11-18(25(26,27)28)12-20(32(34)35)21(19)36-23/h3-6,11-12H,2,7-10,13-15H2,1H3. The number of aromatic nitrogens is 1. The van der Waals surface area contributed by atoms with E-state index in [2.05, 4.69) is 41.1 Å². The number of likely N-dealkylation sites (tertiary alicyclic amines) is 1. The average molecular weight is 519 g/mol. The number of fused-ring (bicyclic) bond motifs is 1. The average Bonchev–Trinajstić information content (AvgIpc) is 2.82. The lowest BCUT2D eigenvalue weighted by atomic mass is 9.72. The molecule has 5 rings (SSSR count). The first kappa shape index (κ1) is 24.6. The van der Waals surface area contributed by atoms with Crippen LogP contribution in [-0.4, -0.2) is 41.0 Å². The number of rotatable bonds is 5. The van der Waals surface area contributed by atoms with Crippen LogP contribution in [-0.2, 0) is 19.1 Å². The summed E-state index contributed by atoms with van der Waals surface area (Å²) < 4.78 is 39.5. The second-order valence-corrected chi connectivity index (χ2v) is 10.7. The second kappa shape index (κ2) is 9.11. The SMILES string of the molecule is CCc1ccc(CN2CCC3(CC2)CN(c2nc(=O)c4cc(C(F)(F)F)cc([N+](=O)[O-])c4s2)C3)cc1. The van der Waals surface area contributed by atoms with Gasteiger partial charge in [-0.2, -0.15) is 18.2 Å². The zero-order valence-corrected chi connectivity index (χ0v) is 20.5. The molecule has 0 saturated carbocycles. The normalized spacial score (nSPS) is 17.9. The Hall–Kier alpha value is -3.05. The molecule has 2 fully saturated rings. The number of benzene rings is 2. The summed E-state index contributed by atoms with van der Waals surface area (Å²) in [5.74, 6) is 0. The molecule has 11 heteroatoms. The van der Waals surface area contributed by atoms with Crippen LogP contribution < -0.4 is 10.5 Å². The summed E-state index contributed by atoms with van der Waals surface area (Å²) in [6, 6.07) is 9.84. The smallest absolute Gasteiger partial charge is 0.347 e. The van der Waals surface area contributed by atoms with E-state index in [0.717, 1.165) is 50.2 Å². The first-order valence-corrected chi connectivity index (χ1v) is 12.6. The summed E-state index contributed by atoms with van der Waals surface area (Å²) in [5, 5.41) is 11.5. The van der Waals surface area contributed by atoms with Gasteiger partial charge in [0.25, 0.3) is 11.2 Å². The van der Waals surface area contributed by atoms with E-state index in [1.165, 1.54) is 11.1 Å². The molecular formula is C25H25F3N4O3S. The Morgan fingerprint density at radius 2 is 1.75 bits per heavy atom. The molecule has 0 amide bonds. The van der Waals surface area contributed by atoms with E-state index in [0.29, 0.717) is 30.4 Å². The minimum Gasteiger partial charge on any atom is -0.347 e. The third-order valence-electron chi connectivity index (χ3n) is 7.29. The quantitative estimate of drug-likeness (QED) is 0.339. The second-order valence-electron chi connectivity index (χ2n) is 9.73. The zero-order valence-electron chi connectivity index (χ0n) is 19.7. The van der Waals surface area contributed by atoms with Gasteiger partial charge >= 0.3 is 6.18 Å². The maximum atomic E-state index is 13.2. The molecule has 0 radical (unpaired) electrons. The maximum absolute atomic E-state index is 13.2. The maximum Gasteiger partial charge on any atom is 0.416 e. The molecule has 3 aromatic rings. The monoisotopic (exact) mass is 518 g/mol. The van der Waals surface area contributed by atoms with Crippen LogP contribution in [0.2, 0.25) is 0 Å². The summed E-state index contributed by atoms with van der Waals surface area (Å²) in [7, 11) is 0. The Labute approximate surface area is 209 Å². The number of hydrogen-bond acceptors (Lipinski definition) is 7. The van der Waals surface area contributed by atoms with Crippen LogP contribution in [0, 0.1) is 15.5 Å². The van der Waals surface area contributed by atoms with Crippen LogP contribution in [0.25, 0.3) is 10.1 Å². The van der Waals surface area contributed by atoms with Crippen molar-refractivity contribution in [3.8, 4) is 0 Å². The molecule has 7 nitrogen and oxygen atoms in total.